The predicted octanol–water partition coefficient (Wildman–Crippen LogP) is 1.17. The van der Waals surface area contributed by atoms with Crippen LogP contribution in [0.2, 0.25) is 0 Å². The van der Waals surface area contributed by atoms with E-state index in [1.807, 2.05) is 25.7 Å². The molecule has 0 saturated carbocycles. The number of piperazine rings is 1. The molecule has 1 unspecified atom stereocenters. The van der Waals surface area contributed by atoms with Crippen molar-refractivity contribution in [1.82, 2.24) is 20.0 Å². The summed E-state index contributed by atoms with van der Waals surface area (Å²) in [6.07, 6.45) is 1.70. The van der Waals surface area contributed by atoms with E-state index in [9.17, 15) is 9.59 Å². The molecule has 2 amide bonds. The van der Waals surface area contributed by atoms with E-state index >= 15 is 0 Å². The highest BCUT2D eigenvalue weighted by Gasteiger charge is 2.29. The Balaban J connectivity index is 1.72. The van der Waals surface area contributed by atoms with Crippen LogP contribution in [-0.2, 0) is 9.59 Å². The second-order valence-corrected chi connectivity index (χ2v) is 8.92. The van der Waals surface area contributed by atoms with Gasteiger partial charge in [-0.25, -0.2) is 0 Å². The Morgan fingerprint density at radius 2 is 1.76 bits per heavy atom. The number of carbonyl (C=O) groups is 2. The monoisotopic (exact) mass is 352 g/mol. The first-order valence-corrected chi connectivity index (χ1v) is 9.69. The van der Waals surface area contributed by atoms with Gasteiger partial charge in [0.1, 0.15) is 0 Å². The van der Waals surface area contributed by atoms with E-state index in [1.165, 1.54) is 0 Å². The Kier molecular flexibility index (Phi) is 6.86. The van der Waals surface area contributed by atoms with Crippen molar-refractivity contribution >= 4 is 11.8 Å². The van der Waals surface area contributed by atoms with Gasteiger partial charge in [-0.2, -0.15) is 0 Å². The van der Waals surface area contributed by atoms with Gasteiger partial charge in [0.2, 0.25) is 11.8 Å². The highest BCUT2D eigenvalue weighted by atomic mass is 16.2. The first-order valence-electron chi connectivity index (χ1n) is 9.69. The average Bonchev–Trinajstić information content (AvgIpc) is 2.49. The second kappa shape index (κ2) is 8.49. The Morgan fingerprint density at radius 1 is 1.16 bits per heavy atom. The largest absolute Gasteiger partial charge is 0.350 e. The van der Waals surface area contributed by atoms with E-state index in [2.05, 4.69) is 29.0 Å². The fourth-order valence-corrected chi connectivity index (χ4v) is 3.75. The number of nitrogens with one attached hydrogen (secondary N) is 1. The zero-order valence-electron chi connectivity index (χ0n) is 16.7. The number of hydrogen-bond acceptors (Lipinski definition) is 4. The van der Waals surface area contributed by atoms with Gasteiger partial charge < -0.3 is 15.1 Å². The van der Waals surface area contributed by atoms with E-state index in [4.69, 9.17) is 0 Å². The third-order valence-corrected chi connectivity index (χ3v) is 5.03. The van der Waals surface area contributed by atoms with Crippen molar-refractivity contribution < 1.29 is 9.59 Å². The maximum atomic E-state index is 12.1. The van der Waals surface area contributed by atoms with Crippen molar-refractivity contribution in [3.05, 3.63) is 0 Å². The van der Waals surface area contributed by atoms with Crippen molar-refractivity contribution in [3.63, 3.8) is 0 Å². The van der Waals surface area contributed by atoms with E-state index in [0.717, 1.165) is 45.7 Å². The molecule has 6 nitrogen and oxygen atoms in total. The quantitative estimate of drug-likeness (QED) is 0.807. The lowest BCUT2D eigenvalue weighted by molar-refractivity contribution is -0.137. The summed E-state index contributed by atoms with van der Waals surface area (Å²) in [4.78, 5) is 30.8. The minimum atomic E-state index is -0.167. The normalized spacial score (nSPS) is 24.0. The van der Waals surface area contributed by atoms with E-state index < -0.39 is 0 Å². The Hall–Kier alpha value is -1.14. The fraction of sp³-hybridized carbons (Fsp3) is 0.895. The standard InChI is InChI=1S/C19H36N4O2/c1-15(2)23-13-16(6-7-18(23)25)12-21-8-10-22(11-9-21)14-17(24)20-19(3,4)5/h15-16H,6-14H2,1-5H3,(H,20,24). The number of carbonyl (C=O) groups excluding carboxylic acids is 2. The zero-order chi connectivity index (χ0) is 18.6. The second-order valence-electron chi connectivity index (χ2n) is 8.92. The van der Waals surface area contributed by atoms with Crippen LogP contribution < -0.4 is 5.32 Å². The molecule has 2 rings (SSSR count). The van der Waals surface area contributed by atoms with E-state index in [-0.39, 0.29) is 11.4 Å². The van der Waals surface area contributed by atoms with Gasteiger partial charge >= 0.3 is 0 Å². The SMILES string of the molecule is CC(C)N1CC(CN2CCN(CC(=O)NC(C)(C)C)CC2)CCC1=O. The van der Waals surface area contributed by atoms with Gasteiger partial charge in [-0.05, 0) is 47.0 Å². The molecule has 0 aromatic carbocycles. The van der Waals surface area contributed by atoms with Crippen LogP contribution in [0.15, 0.2) is 0 Å². The minimum absolute atomic E-state index is 0.110. The molecule has 2 aliphatic rings. The summed E-state index contributed by atoms with van der Waals surface area (Å²) in [6.45, 7) is 16.6. The maximum Gasteiger partial charge on any atom is 0.234 e. The Bertz CT molecular complexity index is 465. The van der Waals surface area contributed by atoms with Crippen LogP contribution in [0.5, 0.6) is 0 Å². The van der Waals surface area contributed by atoms with Crippen LogP contribution in [0.4, 0.5) is 0 Å². The molecule has 2 saturated heterocycles. The molecule has 0 bridgehead atoms. The van der Waals surface area contributed by atoms with E-state index in [0.29, 0.717) is 30.8 Å². The lowest BCUT2D eigenvalue weighted by Crippen LogP contribution is -2.53. The summed E-state index contributed by atoms with van der Waals surface area (Å²) < 4.78 is 0. The molecular weight excluding hydrogens is 316 g/mol. The smallest absolute Gasteiger partial charge is 0.234 e. The molecule has 0 aliphatic carbocycles. The number of hydrogen-bond donors (Lipinski definition) is 1. The lowest BCUT2D eigenvalue weighted by atomic mass is 9.95. The van der Waals surface area contributed by atoms with Crippen molar-refractivity contribution in [2.24, 2.45) is 5.92 Å². The summed E-state index contributed by atoms with van der Waals surface area (Å²) in [5.74, 6) is 0.996. The third-order valence-electron chi connectivity index (χ3n) is 5.03. The first kappa shape index (κ1) is 20.2. The first-order chi connectivity index (χ1) is 11.6. The van der Waals surface area contributed by atoms with Crippen LogP contribution in [0, 0.1) is 5.92 Å². The molecule has 0 spiro atoms. The summed E-state index contributed by atoms with van der Waals surface area (Å²) in [5.41, 5.74) is -0.167. The number of piperidine rings is 1. The lowest BCUT2D eigenvalue weighted by Gasteiger charge is -2.40. The molecule has 2 aliphatic heterocycles. The highest BCUT2D eigenvalue weighted by Crippen LogP contribution is 2.21. The van der Waals surface area contributed by atoms with Crippen molar-refractivity contribution in [3.8, 4) is 0 Å². The topological polar surface area (TPSA) is 55.9 Å². The number of rotatable bonds is 5. The number of nitrogens with zero attached hydrogens (tertiary/aromatic N) is 3. The van der Waals surface area contributed by atoms with Crippen molar-refractivity contribution in [1.29, 1.82) is 0 Å². The summed E-state index contributed by atoms with van der Waals surface area (Å²) in [6, 6.07) is 0.300. The highest BCUT2D eigenvalue weighted by molar-refractivity contribution is 5.78. The third kappa shape index (κ3) is 6.59. The number of likely N-dealkylation sites (tertiary alicyclic amines) is 1. The summed E-state index contributed by atoms with van der Waals surface area (Å²) in [7, 11) is 0. The molecule has 0 radical (unpaired) electrons. The van der Waals surface area contributed by atoms with Crippen LogP contribution in [-0.4, -0.2) is 83.9 Å². The maximum absolute atomic E-state index is 12.1. The molecule has 0 aromatic rings. The number of amides is 2. The van der Waals surface area contributed by atoms with Gasteiger partial charge in [0, 0.05) is 57.3 Å². The van der Waals surface area contributed by atoms with Crippen molar-refractivity contribution in [2.45, 2.75) is 59.0 Å². The summed E-state index contributed by atoms with van der Waals surface area (Å²) >= 11 is 0. The Morgan fingerprint density at radius 3 is 2.32 bits per heavy atom. The molecular formula is C19H36N4O2. The van der Waals surface area contributed by atoms with Gasteiger partial charge in [0.25, 0.3) is 0 Å². The van der Waals surface area contributed by atoms with Crippen LogP contribution >= 0.6 is 0 Å². The van der Waals surface area contributed by atoms with Gasteiger partial charge in [-0.3, -0.25) is 14.5 Å². The average molecular weight is 353 g/mol. The van der Waals surface area contributed by atoms with Crippen molar-refractivity contribution in [2.75, 3.05) is 45.8 Å². The molecule has 0 aromatic heterocycles. The zero-order valence-corrected chi connectivity index (χ0v) is 16.7. The Labute approximate surface area is 152 Å². The minimum Gasteiger partial charge on any atom is -0.350 e. The van der Waals surface area contributed by atoms with Gasteiger partial charge in [0.15, 0.2) is 0 Å². The molecule has 2 heterocycles. The molecule has 1 atom stereocenters. The summed E-state index contributed by atoms with van der Waals surface area (Å²) in [5, 5.41) is 3.03. The van der Waals surface area contributed by atoms with Gasteiger partial charge in [0.05, 0.1) is 6.54 Å². The fourth-order valence-electron chi connectivity index (χ4n) is 3.75. The molecule has 2 fully saturated rings. The van der Waals surface area contributed by atoms with Crippen LogP contribution in [0.1, 0.15) is 47.5 Å². The molecule has 6 heteroatoms. The molecule has 25 heavy (non-hydrogen) atoms. The van der Waals surface area contributed by atoms with Gasteiger partial charge in [-0.15, -0.1) is 0 Å². The van der Waals surface area contributed by atoms with E-state index in [1.54, 1.807) is 0 Å². The molecule has 144 valence electrons. The molecule has 1 N–H and O–H groups in total. The van der Waals surface area contributed by atoms with Crippen LogP contribution in [0.3, 0.4) is 0 Å². The van der Waals surface area contributed by atoms with Gasteiger partial charge in [-0.1, -0.05) is 0 Å². The van der Waals surface area contributed by atoms with Crippen LogP contribution in [0.25, 0.3) is 0 Å². The predicted molar refractivity (Wildman–Crippen MR) is 100 cm³/mol.